The van der Waals surface area contributed by atoms with Crippen molar-refractivity contribution >= 4 is 11.6 Å². The topological polar surface area (TPSA) is 44.4 Å². The van der Waals surface area contributed by atoms with Gasteiger partial charge in [-0.25, -0.2) is 0 Å². The van der Waals surface area contributed by atoms with Crippen molar-refractivity contribution in [1.29, 1.82) is 0 Å². The van der Waals surface area contributed by atoms with Crippen LogP contribution in [-0.4, -0.2) is 38.6 Å². The molecule has 1 aromatic rings. The summed E-state index contributed by atoms with van der Waals surface area (Å²) in [5.74, 6) is 0.771. The summed E-state index contributed by atoms with van der Waals surface area (Å²) in [7, 11) is 2.06. The lowest BCUT2D eigenvalue weighted by Crippen LogP contribution is -2.51. The van der Waals surface area contributed by atoms with Crippen LogP contribution in [0, 0.1) is 11.8 Å². The number of likely N-dealkylation sites (N-methyl/N-ethyl adjacent to an activating group) is 1. The van der Waals surface area contributed by atoms with Crippen LogP contribution in [0.25, 0.3) is 0 Å². The molecule has 110 valence electrons. The summed E-state index contributed by atoms with van der Waals surface area (Å²) in [5.41, 5.74) is 1.17. The molecule has 0 spiro atoms. The molecule has 1 heterocycles. The highest BCUT2D eigenvalue weighted by molar-refractivity contribution is 5.78. The Labute approximate surface area is 121 Å². The van der Waals surface area contributed by atoms with E-state index in [1.807, 2.05) is 25.1 Å². The molecule has 0 aliphatic carbocycles. The first kappa shape index (κ1) is 14.9. The first-order valence-corrected chi connectivity index (χ1v) is 7.36. The Morgan fingerprint density at radius 1 is 1.35 bits per heavy atom. The molecule has 1 aliphatic heterocycles. The van der Waals surface area contributed by atoms with E-state index >= 15 is 0 Å². The first-order chi connectivity index (χ1) is 9.59. The van der Waals surface area contributed by atoms with Crippen molar-refractivity contribution in [3.63, 3.8) is 0 Å². The predicted octanol–water partition coefficient (Wildman–Crippen LogP) is 1.48. The van der Waals surface area contributed by atoms with Crippen LogP contribution in [0.1, 0.15) is 13.8 Å². The number of amides is 1. The van der Waals surface area contributed by atoms with Gasteiger partial charge < -0.3 is 15.5 Å². The van der Waals surface area contributed by atoms with Gasteiger partial charge >= 0.3 is 0 Å². The zero-order valence-corrected chi connectivity index (χ0v) is 12.6. The van der Waals surface area contributed by atoms with Crippen LogP contribution in [0.2, 0.25) is 0 Å². The second kappa shape index (κ2) is 6.75. The van der Waals surface area contributed by atoms with Crippen LogP contribution in [0.3, 0.4) is 0 Å². The summed E-state index contributed by atoms with van der Waals surface area (Å²) in [6.45, 7) is 6.76. The summed E-state index contributed by atoms with van der Waals surface area (Å²) in [6.07, 6.45) is 0. The van der Waals surface area contributed by atoms with Crippen molar-refractivity contribution in [2.24, 2.45) is 11.8 Å². The Bertz CT molecular complexity index is 431. The maximum absolute atomic E-state index is 12.1. The molecule has 2 rings (SSSR count). The molecule has 2 N–H and O–H groups in total. The van der Waals surface area contributed by atoms with Gasteiger partial charge in [0.2, 0.25) is 5.91 Å². The molecule has 4 heteroatoms. The number of rotatable bonds is 6. The SMILES string of the molecule is CC(C(=O)NCC(C)N(C)c1ccccc1)C1CNC1. The minimum Gasteiger partial charge on any atom is -0.370 e. The fourth-order valence-corrected chi connectivity index (χ4v) is 2.34. The fourth-order valence-electron chi connectivity index (χ4n) is 2.34. The van der Waals surface area contributed by atoms with E-state index in [-0.39, 0.29) is 17.9 Å². The zero-order valence-electron chi connectivity index (χ0n) is 12.6. The lowest BCUT2D eigenvalue weighted by atomic mass is 9.88. The number of benzene rings is 1. The quantitative estimate of drug-likeness (QED) is 0.826. The third-order valence-corrected chi connectivity index (χ3v) is 4.33. The molecule has 20 heavy (non-hydrogen) atoms. The molecule has 0 saturated carbocycles. The maximum Gasteiger partial charge on any atom is 0.223 e. The number of carbonyl (C=O) groups excluding carboxylic acids is 1. The number of hydrogen-bond acceptors (Lipinski definition) is 3. The Hall–Kier alpha value is -1.55. The number of nitrogens with one attached hydrogen (secondary N) is 2. The van der Waals surface area contributed by atoms with E-state index in [1.165, 1.54) is 5.69 Å². The van der Waals surface area contributed by atoms with Crippen molar-refractivity contribution in [2.45, 2.75) is 19.9 Å². The third kappa shape index (κ3) is 3.51. The smallest absolute Gasteiger partial charge is 0.223 e. The number of hydrogen-bond donors (Lipinski definition) is 2. The van der Waals surface area contributed by atoms with Gasteiger partial charge in [0.1, 0.15) is 0 Å². The molecule has 1 amide bonds. The van der Waals surface area contributed by atoms with Crippen molar-refractivity contribution in [3.05, 3.63) is 30.3 Å². The van der Waals surface area contributed by atoms with E-state index in [2.05, 4.69) is 41.6 Å². The van der Waals surface area contributed by atoms with Gasteiger partial charge in [-0.3, -0.25) is 4.79 Å². The van der Waals surface area contributed by atoms with Gasteiger partial charge in [0.25, 0.3) is 0 Å². The highest BCUT2D eigenvalue weighted by atomic mass is 16.1. The largest absolute Gasteiger partial charge is 0.370 e. The molecule has 0 radical (unpaired) electrons. The van der Waals surface area contributed by atoms with Crippen molar-refractivity contribution < 1.29 is 4.79 Å². The van der Waals surface area contributed by atoms with E-state index in [0.29, 0.717) is 12.5 Å². The van der Waals surface area contributed by atoms with Crippen LogP contribution in [0.15, 0.2) is 30.3 Å². The van der Waals surface area contributed by atoms with Gasteiger partial charge in [0, 0.05) is 31.2 Å². The van der Waals surface area contributed by atoms with Gasteiger partial charge in [0.05, 0.1) is 0 Å². The average molecular weight is 275 g/mol. The second-order valence-corrected chi connectivity index (χ2v) is 5.75. The lowest BCUT2D eigenvalue weighted by molar-refractivity contribution is -0.126. The number of para-hydroxylation sites is 1. The molecule has 1 saturated heterocycles. The number of nitrogens with zero attached hydrogens (tertiary/aromatic N) is 1. The molecule has 1 aliphatic rings. The van der Waals surface area contributed by atoms with Crippen LogP contribution < -0.4 is 15.5 Å². The van der Waals surface area contributed by atoms with E-state index in [1.54, 1.807) is 0 Å². The lowest BCUT2D eigenvalue weighted by Gasteiger charge is -2.32. The predicted molar refractivity (Wildman–Crippen MR) is 82.8 cm³/mol. The Kier molecular flexibility index (Phi) is 5.01. The molecule has 2 atom stereocenters. The summed E-state index contributed by atoms with van der Waals surface area (Å²) >= 11 is 0. The fraction of sp³-hybridized carbons (Fsp3) is 0.562. The third-order valence-electron chi connectivity index (χ3n) is 4.33. The van der Waals surface area contributed by atoms with E-state index in [0.717, 1.165) is 13.1 Å². The average Bonchev–Trinajstić information content (AvgIpc) is 2.42. The molecule has 0 bridgehead atoms. The molecular formula is C16H25N3O. The van der Waals surface area contributed by atoms with Crippen LogP contribution in [0.5, 0.6) is 0 Å². The summed E-state index contributed by atoms with van der Waals surface area (Å²) in [5, 5.41) is 6.29. The molecule has 4 nitrogen and oxygen atoms in total. The van der Waals surface area contributed by atoms with Crippen LogP contribution in [-0.2, 0) is 4.79 Å². The monoisotopic (exact) mass is 275 g/mol. The van der Waals surface area contributed by atoms with Gasteiger partial charge in [0.15, 0.2) is 0 Å². The summed E-state index contributed by atoms with van der Waals surface area (Å²) in [4.78, 5) is 14.3. The highest BCUT2D eigenvalue weighted by Gasteiger charge is 2.28. The molecule has 1 fully saturated rings. The minimum absolute atomic E-state index is 0.102. The van der Waals surface area contributed by atoms with E-state index < -0.39 is 0 Å². The van der Waals surface area contributed by atoms with Gasteiger partial charge in [-0.2, -0.15) is 0 Å². The van der Waals surface area contributed by atoms with Crippen molar-refractivity contribution in [3.8, 4) is 0 Å². The molecule has 2 unspecified atom stereocenters. The first-order valence-electron chi connectivity index (χ1n) is 7.36. The van der Waals surface area contributed by atoms with Crippen molar-refractivity contribution in [2.75, 3.05) is 31.6 Å². The summed E-state index contributed by atoms with van der Waals surface area (Å²) < 4.78 is 0. The zero-order chi connectivity index (χ0) is 14.5. The second-order valence-electron chi connectivity index (χ2n) is 5.75. The maximum atomic E-state index is 12.1. The highest BCUT2D eigenvalue weighted by Crippen LogP contribution is 2.16. The number of carbonyl (C=O) groups is 1. The van der Waals surface area contributed by atoms with Crippen LogP contribution >= 0.6 is 0 Å². The van der Waals surface area contributed by atoms with Crippen molar-refractivity contribution in [1.82, 2.24) is 10.6 Å². The minimum atomic E-state index is 0.102. The standard InChI is InChI=1S/C16H25N3O/c1-12(19(3)15-7-5-4-6-8-15)9-18-16(20)13(2)14-10-17-11-14/h4-8,12-14,17H,9-11H2,1-3H3,(H,18,20). The Morgan fingerprint density at radius 3 is 2.55 bits per heavy atom. The molecular weight excluding hydrogens is 250 g/mol. The molecule has 0 aromatic heterocycles. The van der Waals surface area contributed by atoms with Gasteiger partial charge in [-0.1, -0.05) is 25.1 Å². The normalized spacial score (nSPS) is 17.9. The number of anilines is 1. The van der Waals surface area contributed by atoms with Gasteiger partial charge in [-0.05, 0) is 38.1 Å². The van der Waals surface area contributed by atoms with E-state index in [9.17, 15) is 4.79 Å². The van der Waals surface area contributed by atoms with Gasteiger partial charge in [-0.15, -0.1) is 0 Å². The molecule has 1 aromatic carbocycles. The Morgan fingerprint density at radius 2 is 2.00 bits per heavy atom. The van der Waals surface area contributed by atoms with Crippen LogP contribution in [0.4, 0.5) is 5.69 Å². The van der Waals surface area contributed by atoms with E-state index in [4.69, 9.17) is 0 Å². The Balaban J connectivity index is 1.79. The summed E-state index contributed by atoms with van der Waals surface area (Å²) in [6, 6.07) is 10.5.